The molecule has 5 heteroatoms. The topological polar surface area (TPSA) is 76.0 Å². The number of aliphatic hydroxyl groups excluding tert-OH is 2. The van der Waals surface area contributed by atoms with E-state index in [1.165, 1.54) is 0 Å². The Bertz CT molecular complexity index is 227. The van der Waals surface area contributed by atoms with Gasteiger partial charge >= 0.3 is 5.97 Å². The Morgan fingerprint density at radius 3 is 2.65 bits per heavy atom. The van der Waals surface area contributed by atoms with Crippen LogP contribution in [0.25, 0.3) is 0 Å². The van der Waals surface area contributed by atoms with E-state index in [0.717, 1.165) is 0 Å². The third-order valence-electron chi connectivity index (χ3n) is 2.02. The molecule has 0 fully saturated rings. The third kappa shape index (κ3) is 9.99. The lowest BCUT2D eigenvalue weighted by atomic mass is 10.2. The van der Waals surface area contributed by atoms with Crippen LogP contribution >= 0.6 is 0 Å². The first-order valence-electron chi connectivity index (χ1n) is 5.77. The molecule has 0 saturated heterocycles. The predicted molar refractivity (Wildman–Crippen MR) is 63.5 cm³/mol. The van der Waals surface area contributed by atoms with E-state index in [0.29, 0.717) is 38.0 Å². The lowest BCUT2D eigenvalue weighted by molar-refractivity contribution is -0.139. The Balaban J connectivity index is 3.29. The number of ether oxygens (including phenoxy) is 2. The molecule has 0 aromatic rings. The van der Waals surface area contributed by atoms with Crippen molar-refractivity contribution in [3.8, 4) is 0 Å². The normalized spacial score (nSPS) is 12.2. The highest BCUT2D eigenvalue weighted by atomic mass is 16.5. The van der Waals surface area contributed by atoms with E-state index in [2.05, 4.69) is 6.58 Å². The molecule has 0 bridgehead atoms. The molecule has 0 aliphatic rings. The quantitative estimate of drug-likeness (QED) is 0.336. The van der Waals surface area contributed by atoms with Crippen molar-refractivity contribution >= 4 is 5.97 Å². The van der Waals surface area contributed by atoms with Gasteiger partial charge in [0.1, 0.15) is 0 Å². The third-order valence-corrected chi connectivity index (χ3v) is 2.02. The maximum Gasteiger partial charge on any atom is 0.333 e. The molecule has 0 rings (SSSR count). The van der Waals surface area contributed by atoms with Crippen molar-refractivity contribution in [3.63, 3.8) is 0 Å². The van der Waals surface area contributed by atoms with Gasteiger partial charge in [-0.3, -0.25) is 0 Å². The van der Waals surface area contributed by atoms with Gasteiger partial charge in [-0.1, -0.05) is 6.58 Å². The molecule has 0 radical (unpaired) electrons. The Morgan fingerprint density at radius 2 is 2.06 bits per heavy atom. The molecule has 2 N–H and O–H groups in total. The molecule has 0 heterocycles. The number of hydrogen-bond donors (Lipinski definition) is 2. The summed E-state index contributed by atoms with van der Waals surface area (Å²) in [6.45, 7) is 6.10. The van der Waals surface area contributed by atoms with Gasteiger partial charge in [0.05, 0.1) is 19.3 Å². The predicted octanol–water partition coefficient (Wildman–Crippen LogP) is 0.646. The van der Waals surface area contributed by atoms with Crippen molar-refractivity contribution in [1.82, 2.24) is 0 Å². The van der Waals surface area contributed by atoms with Crippen molar-refractivity contribution in [2.75, 3.05) is 26.4 Å². The van der Waals surface area contributed by atoms with Gasteiger partial charge in [0.25, 0.3) is 0 Å². The van der Waals surface area contributed by atoms with Crippen LogP contribution in [0.3, 0.4) is 0 Å². The summed E-state index contributed by atoms with van der Waals surface area (Å²) in [7, 11) is 0. The second kappa shape index (κ2) is 10.3. The largest absolute Gasteiger partial charge is 0.462 e. The molecule has 5 nitrogen and oxygen atoms in total. The summed E-state index contributed by atoms with van der Waals surface area (Å²) in [6.07, 6.45) is 1.15. The number of carbonyl (C=O) groups is 1. The van der Waals surface area contributed by atoms with Crippen molar-refractivity contribution < 1.29 is 24.5 Å². The fourth-order valence-electron chi connectivity index (χ4n) is 1.08. The molecule has 0 saturated carbocycles. The SMILES string of the molecule is C=C(C)C(=O)OCCCOCC(O)CCCO. The van der Waals surface area contributed by atoms with Crippen LogP contribution in [0, 0.1) is 0 Å². The Morgan fingerprint density at radius 1 is 1.35 bits per heavy atom. The first-order chi connectivity index (χ1) is 8.07. The molecule has 17 heavy (non-hydrogen) atoms. The van der Waals surface area contributed by atoms with E-state index in [4.69, 9.17) is 14.6 Å². The van der Waals surface area contributed by atoms with Crippen LogP contribution in [0.5, 0.6) is 0 Å². The zero-order chi connectivity index (χ0) is 13.1. The minimum atomic E-state index is -0.542. The lowest BCUT2D eigenvalue weighted by Gasteiger charge is -2.10. The van der Waals surface area contributed by atoms with Gasteiger partial charge in [-0.2, -0.15) is 0 Å². The zero-order valence-electron chi connectivity index (χ0n) is 10.4. The first-order valence-corrected chi connectivity index (χ1v) is 5.77. The van der Waals surface area contributed by atoms with Crippen LogP contribution in [-0.2, 0) is 14.3 Å². The van der Waals surface area contributed by atoms with Crippen LogP contribution < -0.4 is 0 Å². The van der Waals surface area contributed by atoms with E-state index in [9.17, 15) is 9.90 Å². The fraction of sp³-hybridized carbons (Fsp3) is 0.750. The Labute approximate surface area is 102 Å². The van der Waals surface area contributed by atoms with Crippen molar-refractivity contribution in [1.29, 1.82) is 0 Å². The molecular formula is C12H22O5. The van der Waals surface area contributed by atoms with Crippen molar-refractivity contribution in [2.45, 2.75) is 32.3 Å². The van der Waals surface area contributed by atoms with Crippen LogP contribution in [0.1, 0.15) is 26.2 Å². The van der Waals surface area contributed by atoms with Crippen LogP contribution in [0.4, 0.5) is 0 Å². The molecule has 1 atom stereocenters. The monoisotopic (exact) mass is 246 g/mol. The van der Waals surface area contributed by atoms with Gasteiger partial charge in [-0.15, -0.1) is 0 Å². The molecule has 0 spiro atoms. The number of rotatable bonds is 10. The van der Waals surface area contributed by atoms with E-state index < -0.39 is 12.1 Å². The van der Waals surface area contributed by atoms with E-state index in [1.807, 2.05) is 0 Å². The molecule has 100 valence electrons. The number of esters is 1. The van der Waals surface area contributed by atoms with Gasteiger partial charge in [0.2, 0.25) is 0 Å². The molecule has 0 aromatic carbocycles. The van der Waals surface area contributed by atoms with E-state index >= 15 is 0 Å². The average molecular weight is 246 g/mol. The minimum absolute atomic E-state index is 0.0773. The first kappa shape index (κ1) is 16.1. The molecule has 0 aromatic heterocycles. The summed E-state index contributed by atoms with van der Waals surface area (Å²) in [4.78, 5) is 11.0. The summed E-state index contributed by atoms with van der Waals surface area (Å²) in [6, 6.07) is 0. The second-order valence-corrected chi connectivity index (χ2v) is 3.86. The summed E-state index contributed by atoms with van der Waals surface area (Å²) in [5.41, 5.74) is 0.380. The molecule has 1 unspecified atom stereocenters. The average Bonchev–Trinajstić information content (AvgIpc) is 2.30. The van der Waals surface area contributed by atoms with Crippen LogP contribution in [-0.4, -0.2) is 48.7 Å². The van der Waals surface area contributed by atoms with Gasteiger partial charge in [-0.05, 0) is 19.8 Å². The summed E-state index contributed by atoms with van der Waals surface area (Å²) >= 11 is 0. The van der Waals surface area contributed by atoms with Crippen LogP contribution in [0.15, 0.2) is 12.2 Å². The summed E-state index contributed by atoms with van der Waals surface area (Å²) < 4.78 is 10.1. The van der Waals surface area contributed by atoms with E-state index in [-0.39, 0.29) is 13.2 Å². The number of aliphatic hydroxyl groups is 2. The number of hydrogen-bond acceptors (Lipinski definition) is 5. The molecular weight excluding hydrogens is 224 g/mol. The van der Waals surface area contributed by atoms with Crippen LogP contribution in [0.2, 0.25) is 0 Å². The number of carbonyl (C=O) groups excluding carboxylic acids is 1. The standard InChI is InChI=1S/C12H22O5/c1-10(2)12(15)17-8-4-7-16-9-11(14)5-3-6-13/h11,13-14H,1,3-9H2,2H3. The molecule has 0 aliphatic heterocycles. The summed E-state index contributed by atoms with van der Waals surface area (Å²) in [5, 5.41) is 17.9. The highest BCUT2D eigenvalue weighted by Crippen LogP contribution is 1.98. The highest BCUT2D eigenvalue weighted by Gasteiger charge is 2.04. The van der Waals surface area contributed by atoms with Crippen molar-refractivity contribution in [3.05, 3.63) is 12.2 Å². The second-order valence-electron chi connectivity index (χ2n) is 3.86. The van der Waals surface area contributed by atoms with Gasteiger partial charge in [-0.25, -0.2) is 4.79 Å². The summed E-state index contributed by atoms with van der Waals surface area (Å²) in [5.74, 6) is -0.395. The van der Waals surface area contributed by atoms with Gasteiger partial charge < -0.3 is 19.7 Å². The highest BCUT2D eigenvalue weighted by molar-refractivity contribution is 5.86. The van der Waals surface area contributed by atoms with Gasteiger partial charge in [0.15, 0.2) is 0 Å². The molecule has 0 aliphatic carbocycles. The minimum Gasteiger partial charge on any atom is -0.462 e. The maximum absolute atomic E-state index is 11.0. The van der Waals surface area contributed by atoms with Crippen molar-refractivity contribution in [2.24, 2.45) is 0 Å². The van der Waals surface area contributed by atoms with E-state index in [1.54, 1.807) is 6.92 Å². The lowest BCUT2D eigenvalue weighted by Crippen LogP contribution is -2.17. The molecule has 0 amide bonds. The Kier molecular flexibility index (Phi) is 9.71. The smallest absolute Gasteiger partial charge is 0.333 e. The Hall–Kier alpha value is -0.910. The maximum atomic E-state index is 11.0. The van der Waals surface area contributed by atoms with Gasteiger partial charge in [0, 0.05) is 25.2 Å². The zero-order valence-corrected chi connectivity index (χ0v) is 10.4. The fourth-order valence-corrected chi connectivity index (χ4v) is 1.08.